The molecule has 37 heavy (non-hydrogen) atoms. The van der Waals surface area contributed by atoms with E-state index in [0.29, 0.717) is 11.5 Å². The van der Waals surface area contributed by atoms with Gasteiger partial charge in [0, 0.05) is 39.0 Å². The van der Waals surface area contributed by atoms with Crippen molar-refractivity contribution in [1.82, 2.24) is 9.80 Å². The van der Waals surface area contributed by atoms with Gasteiger partial charge in [-0.1, -0.05) is 30.2 Å². The van der Waals surface area contributed by atoms with Gasteiger partial charge in [0.1, 0.15) is 17.5 Å². The maximum absolute atomic E-state index is 15.3. The van der Waals surface area contributed by atoms with Crippen molar-refractivity contribution < 1.29 is 18.0 Å². The Morgan fingerprint density at radius 2 is 1.70 bits per heavy atom. The molecule has 190 valence electrons. The third-order valence-corrected chi connectivity index (χ3v) is 7.79. The van der Waals surface area contributed by atoms with E-state index in [9.17, 15) is 13.6 Å². The van der Waals surface area contributed by atoms with E-state index in [2.05, 4.69) is 50.8 Å². The first kappa shape index (κ1) is 25.6. The Bertz CT molecular complexity index is 1390. The van der Waals surface area contributed by atoms with Crippen LogP contribution in [0.5, 0.6) is 0 Å². The van der Waals surface area contributed by atoms with Crippen LogP contribution in [0.1, 0.15) is 58.3 Å². The van der Waals surface area contributed by atoms with Gasteiger partial charge in [-0.3, -0.25) is 4.79 Å². The van der Waals surface area contributed by atoms with Crippen LogP contribution in [0.4, 0.5) is 13.2 Å². The summed E-state index contributed by atoms with van der Waals surface area (Å²) < 4.78 is 43.9. The lowest BCUT2D eigenvalue weighted by molar-refractivity contribution is 0.0700. The molecule has 0 bridgehead atoms. The number of likely N-dealkylation sites (tertiary alicyclic amines) is 1. The van der Waals surface area contributed by atoms with Gasteiger partial charge in [-0.15, -0.1) is 0 Å². The number of amides is 1. The Morgan fingerprint density at radius 3 is 2.41 bits per heavy atom. The van der Waals surface area contributed by atoms with Gasteiger partial charge in [-0.2, -0.15) is 0 Å². The number of halogens is 4. The molecule has 3 aromatic rings. The predicted molar refractivity (Wildman–Crippen MR) is 142 cm³/mol. The molecule has 0 N–H and O–H groups in total. The van der Waals surface area contributed by atoms with Crippen molar-refractivity contribution in [3.8, 4) is 21.9 Å². The highest BCUT2D eigenvalue weighted by Gasteiger charge is 2.36. The minimum Gasteiger partial charge on any atom is -0.326 e. The van der Waals surface area contributed by atoms with Gasteiger partial charge in [-0.25, -0.2) is 13.2 Å². The molecule has 7 heteroatoms. The minimum atomic E-state index is -0.864. The van der Waals surface area contributed by atoms with E-state index >= 15 is 4.39 Å². The fraction of sp³-hybridized carbons (Fsp3) is 0.300. The molecule has 5 rings (SSSR count). The van der Waals surface area contributed by atoms with E-state index < -0.39 is 29.4 Å². The van der Waals surface area contributed by atoms with Crippen LogP contribution in [0, 0.1) is 28.2 Å². The van der Waals surface area contributed by atoms with Crippen LogP contribution in [0.3, 0.4) is 0 Å². The summed E-state index contributed by atoms with van der Waals surface area (Å²) in [7, 11) is 2.14. The molecule has 1 unspecified atom stereocenters. The number of piperidine rings is 1. The molecule has 0 radical (unpaired) electrons. The molecule has 2 heterocycles. The zero-order chi connectivity index (χ0) is 26.1. The van der Waals surface area contributed by atoms with Gasteiger partial charge >= 0.3 is 0 Å². The minimum absolute atomic E-state index is 0.0153. The van der Waals surface area contributed by atoms with Gasteiger partial charge in [0.2, 0.25) is 0 Å². The molecule has 2 aliphatic heterocycles. The fourth-order valence-corrected chi connectivity index (χ4v) is 5.55. The Hall–Kier alpha value is -3.08. The van der Waals surface area contributed by atoms with E-state index in [1.165, 1.54) is 16.5 Å². The number of fused-ring (bicyclic) bond motifs is 1. The van der Waals surface area contributed by atoms with Gasteiger partial charge in [0.15, 0.2) is 0 Å². The zero-order valence-corrected chi connectivity index (χ0v) is 22.0. The van der Waals surface area contributed by atoms with Crippen LogP contribution in [-0.4, -0.2) is 35.8 Å². The first-order valence-corrected chi connectivity index (χ1v) is 13.1. The van der Waals surface area contributed by atoms with Crippen molar-refractivity contribution in [2.45, 2.75) is 37.8 Å². The Morgan fingerprint density at radius 1 is 0.973 bits per heavy atom. The van der Waals surface area contributed by atoms with Crippen molar-refractivity contribution in [2.24, 2.45) is 0 Å². The molecular weight excluding hydrogens is 541 g/mol. The number of nitrogens with zero attached hydrogens (tertiary/aromatic N) is 2. The highest BCUT2D eigenvalue weighted by atomic mass is 79.9. The van der Waals surface area contributed by atoms with Gasteiger partial charge < -0.3 is 9.80 Å². The van der Waals surface area contributed by atoms with E-state index in [0.717, 1.165) is 49.7 Å². The van der Waals surface area contributed by atoms with Crippen LogP contribution >= 0.6 is 15.9 Å². The lowest BCUT2D eigenvalue weighted by Crippen LogP contribution is -2.29. The molecule has 0 spiro atoms. The second-order valence-electron chi connectivity index (χ2n) is 9.77. The Kier molecular flexibility index (Phi) is 7.41. The van der Waals surface area contributed by atoms with Gasteiger partial charge in [-0.05, 0) is 90.7 Å². The molecule has 1 amide bonds. The summed E-state index contributed by atoms with van der Waals surface area (Å²) in [6.07, 6.45) is 2.29. The molecule has 1 atom stereocenters. The summed E-state index contributed by atoms with van der Waals surface area (Å²) >= 11 is 3.02. The number of hydrogen-bond acceptors (Lipinski definition) is 2. The number of carbonyl (C=O) groups is 1. The lowest BCUT2D eigenvalue weighted by atomic mass is 9.88. The van der Waals surface area contributed by atoms with E-state index in [4.69, 9.17) is 0 Å². The number of benzene rings is 3. The molecular formula is C30H26BrF3N2O. The average molecular weight is 567 g/mol. The van der Waals surface area contributed by atoms with Crippen LogP contribution in [0.2, 0.25) is 0 Å². The van der Waals surface area contributed by atoms with Crippen molar-refractivity contribution in [1.29, 1.82) is 0 Å². The number of rotatable bonds is 5. The topological polar surface area (TPSA) is 23.6 Å². The predicted octanol–water partition coefficient (Wildman–Crippen LogP) is 7.02. The van der Waals surface area contributed by atoms with Crippen molar-refractivity contribution in [3.63, 3.8) is 0 Å². The summed E-state index contributed by atoms with van der Waals surface area (Å²) in [6.45, 7) is 2.10. The summed E-state index contributed by atoms with van der Waals surface area (Å²) in [5.74, 6) is 1.13. The highest BCUT2D eigenvalue weighted by Crippen LogP contribution is 2.38. The van der Waals surface area contributed by atoms with E-state index in [-0.39, 0.29) is 29.7 Å². The largest absolute Gasteiger partial charge is 0.326 e. The van der Waals surface area contributed by atoms with Crippen LogP contribution in [0.15, 0.2) is 54.6 Å². The standard InChI is InChI=1S/C30H26BrF3N2O/c1-35-13-10-21(11-14-35)19-4-6-20(7-5-19)22-15-24-26(28(34)16-22)18-36(30(24)37)29(3-2-12-31)25-17-23(32)8-9-27(25)33/h4-9,15-17,21,29H,3,10-11,13-14,18H2,1H3. The summed E-state index contributed by atoms with van der Waals surface area (Å²) in [4.78, 5) is 19.7. The molecule has 2 aliphatic rings. The molecule has 1 fully saturated rings. The lowest BCUT2D eigenvalue weighted by Gasteiger charge is -2.29. The first-order valence-electron chi connectivity index (χ1n) is 12.3. The second-order valence-corrected chi connectivity index (χ2v) is 10.2. The summed E-state index contributed by atoms with van der Waals surface area (Å²) in [6, 6.07) is 13.5. The Balaban J connectivity index is 1.44. The van der Waals surface area contributed by atoms with Crippen molar-refractivity contribution in [2.75, 3.05) is 20.1 Å². The normalized spacial score (nSPS) is 16.9. The SMILES string of the molecule is CN1CCC(c2ccc(-c3cc(F)c4c(c3)C(=O)N(C(CC#CBr)c3cc(F)ccc3F)C4)cc2)CC1. The third-order valence-electron chi connectivity index (χ3n) is 7.50. The number of hydrogen-bond donors (Lipinski definition) is 0. The molecule has 3 nitrogen and oxygen atoms in total. The smallest absolute Gasteiger partial charge is 0.255 e. The van der Waals surface area contributed by atoms with Crippen LogP contribution < -0.4 is 0 Å². The number of carbonyl (C=O) groups excluding carboxylic acids is 1. The quantitative estimate of drug-likeness (QED) is 0.310. The monoisotopic (exact) mass is 566 g/mol. The van der Waals surface area contributed by atoms with Gasteiger partial charge in [0.05, 0.1) is 12.6 Å². The molecule has 3 aromatic carbocycles. The molecule has 0 aliphatic carbocycles. The molecule has 0 aromatic heterocycles. The average Bonchev–Trinajstić information content (AvgIpc) is 3.23. The fourth-order valence-electron chi connectivity index (χ4n) is 5.39. The molecule has 1 saturated heterocycles. The van der Waals surface area contributed by atoms with Crippen LogP contribution in [-0.2, 0) is 6.54 Å². The third kappa shape index (κ3) is 5.18. The first-order chi connectivity index (χ1) is 17.9. The Labute approximate surface area is 223 Å². The molecule has 0 saturated carbocycles. The van der Waals surface area contributed by atoms with E-state index in [1.807, 2.05) is 12.1 Å². The van der Waals surface area contributed by atoms with E-state index in [1.54, 1.807) is 6.07 Å². The highest BCUT2D eigenvalue weighted by molar-refractivity contribution is 9.12. The van der Waals surface area contributed by atoms with Crippen molar-refractivity contribution >= 4 is 21.8 Å². The maximum Gasteiger partial charge on any atom is 0.255 e. The second kappa shape index (κ2) is 10.7. The zero-order valence-electron chi connectivity index (χ0n) is 20.4. The summed E-state index contributed by atoms with van der Waals surface area (Å²) in [5, 5.41) is 0. The maximum atomic E-state index is 15.3. The van der Waals surface area contributed by atoms with Crippen LogP contribution in [0.25, 0.3) is 11.1 Å². The van der Waals surface area contributed by atoms with Crippen molar-refractivity contribution in [3.05, 3.63) is 94.3 Å². The van der Waals surface area contributed by atoms with Gasteiger partial charge in [0.25, 0.3) is 5.91 Å². The summed E-state index contributed by atoms with van der Waals surface area (Å²) in [5.41, 5.74) is 3.21.